The molecule has 0 atom stereocenters. The molecule has 1 aromatic carbocycles. The molecule has 2 aromatic heterocycles. The van der Waals surface area contributed by atoms with Crippen LogP contribution >= 0.6 is 27.5 Å². The number of aryl methyl sites for hydroxylation is 1. The summed E-state index contributed by atoms with van der Waals surface area (Å²) in [4.78, 5) is 31.3. The number of hydrogen-bond donors (Lipinski definition) is 2. The van der Waals surface area contributed by atoms with Crippen LogP contribution < -0.4 is 20.3 Å². The standard InChI is InChI=1S/C24H26BrClN6O3/c1-31-21(29-22(33)18-4-2-3-5-19(18)26)20(25)23(30-31)35-24(34)28-13-6-16-9-14-32(15-10-16)17-7-11-27-12-8-17/h2-5,7-8,11-12,16H,6,9-10,13-15H2,1H3,(H,28,34)(H,29,33). The van der Waals surface area contributed by atoms with Gasteiger partial charge in [-0.2, -0.15) is 0 Å². The molecule has 1 aliphatic rings. The van der Waals surface area contributed by atoms with Crippen LogP contribution in [0.4, 0.5) is 16.3 Å². The van der Waals surface area contributed by atoms with Crippen LogP contribution in [0.15, 0.2) is 53.3 Å². The Balaban J connectivity index is 1.24. The number of aromatic nitrogens is 3. The maximum absolute atomic E-state index is 12.6. The maximum atomic E-state index is 12.6. The molecule has 4 rings (SSSR count). The third-order valence-electron chi connectivity index (χ3n) is 5.96. The average Bonchev–Trinajstić information content (AvgIpc) is 3.12. The molecule has 0 bridgehead atoms. The summed E-state index contributed by atoms with van der Waals surface area (Å²) in [6.07, 6.45) is 6.04. The first kappa shape index (κ1) is 25.0. The molecule has 0 saturated carbocycles. The lowest BCUT2D eigenvalue weighted by Gasteiger charge is -2.33. The van der Waals surface area contributed by atoms with Crippen molar-refractivity contribution < 1.29 is 14.3 Å². The molecule has 0 aliphatic carbocycles. The SMILES string of the molecule is Cn1nc(OC(=O)NCCC2CCN(c3ccncc3)CC2)c(Br)c1NC(=O)c1ccccc1Cl. The molecule has 0 unspecified atom stereocenters. The number of piperidine rings is 1. The van der Waals surface area contributed by atoms with E-state index in [9.17, 15) is 9.59 Å². The van der Waals surface area contributed by atoms with Crippen LogP contribution in [0.2, 0.25) is 5.02 Å². The van der Waals surface area contributed by atoms with Crippen LogP contribution in [0.5, 0.6) is 5.88 Å². The molecule has 11 heteroatoms. The number of hydrogen-bond acceptors (Lipinski definition) is 6. The fraction of sp³-hybridized carbons (Fsp3) is 0.333. The van der Waals surface area contributed by atoms with Crippen molar-refractivity contribution in [2.75, 3.05) is 29.9 Å². The Bertz CT molecular complexity index is 1180. The number of anilines is 2. The van der Waals surface area contributed by atoms with Gasteiger partial charge in [-0.05, 0) is 65.4 Å². The van der Waals surface area contributed by atoms with Crippen molar-refractivity contribution in [3.63, 3.8) is 0 Å². The largest absolute Gasteiger partial charge is 0.414 e. The van der Waals surface area contributed by atoms with Gasteiger partial charge in [0, 0.05) is 44.8 Å². The number of ether oxygens (including phenoxy) is 1. The van der Waals surface area contributed by atoms with E-state index in [0.29, 0.717) is 33.3 Å². The van der Waals surface area contributed by atoms with Gasteiger partial charge >= 0.3 is 6.09 Å². The van der Waals surface area contributed by atoms with Gasteiger partial charge < -0.3 is 20.3 Å². The van der Waals surface area contributed by atoms with Gasteiger partial charge in [-0.1, -0.05) is 23.7 Å². The third kappa shape index (κ3) is 6.32. The third-order valence-corrected chi connectivity index (χ3v) is 7.01. The van der Waals surface area contributed by atoms with E-state index in [2.05, 4.69) is 41.5 Å². The molecule has 9 nitrogen and oxygen atoms in total. The van der Waals surface area contributed by atoms with Crippen LogP contribution in [0.25, 0.3) is 0 Å². The predicted molar refractivity (Wildman–Crippen MR) is 138 cm³/mol. The molecular formula is C24H26BrClN6O3. The van der Waals surface area contributed by atoms with Crippen LogP contribution in [0, 0.1) is 5.92 Å². The molecule has 3 heterocycles. The zero-order valence-corrected chi connectivity index (χ0v) is 21.6. The number of carbonyl (C=O) groups is 2. The Labute approximate surface area is 216 Å². The van der Waals surface area contributed by atoms with Gasteiger partial charge in [-0.3, -0.25) is 9.78 Å². The lowest BCUT2D eigenvalue weighted by atomic mass is 9.93. The topological polar surface area (TPSA) is 101 Å². The summed E-state index contributed by atoms with van der Waals surface area (Å²) >= 11 is 9.46. The van der Waals surface area contributed by atoms with Gasteiger partial charge in [-0.15, -0.1) is 5.10 Å². The van der Waals surface area contributed by atoms with Crippen LogP contribution in [0.3, 0.4) is 0 Å². The minimum atomic E-state index is -0.595. The summed E-state index contributed by atoms with van der Waals surface area (Å²) in [7, 11) is 1.63. The molecule has 1 aliphatic heterocycles. The molecule has 1 saturated heterocycles. The Hall–Kier alpha value is -3.11. The van der Waals surface area contributed by atoms with Crippen molar-refractivity contribution in [2.45, 2.75) is 19.3 Å². The van der Waals surface area contributed by atoms with Crippen molar-refractivity contribution in [1.29, 1.82) is 0 Å². The van der Waals surface area contributed by atoms with Gasteiger partial charge in [0.15, 0.2) is 0 Å². The minimum Gasteiger partial charge on any atom is -0.388 e. The van der Waals surface area contributed by atoms with E-state index in [1.807, 2.05) is 24.5 Å². The highest BCUT2D eigenvalue weighted by Gasteiger charge is 2.22. The molecular weight excluding hydrogens is 536 g/mol. The van der Waals surface area contributed by atoms with Crippen molar-refractivity contribution >= 4 is 51.0 Å². The molecule has 35 heavy (non-hydrogen) atoms. The second-order valence-electron chi connectivity index (χ2n) is 8.27. The summed E-state index contributed by atoms with van der Waals surface area (Å²) < 4.78 is 7.14. The smallest absolute Gasteiger partial charge is 0.388 e. The quantitative estimate of drug-likeness (QED) is 0.426. The number of nitrogens with zero attached hydrogens (tertiary/aromatic N) is 4. The van der Waals surface area contributed by atoms with Crippen LogP contribution in [-0.2, 0) is 7.05 Å². The highest BCUT2D eigenvalue weighted by Crippen LogP contribution is 2.32. The summed E-state index contributed by atoms with van der Waals surface area (Å²) in [6.45, 7) is 2.49. The van der Waals surface area contributed by atoms with Crippen molar-refractivity contribution in [1.82, 2.24) is 20.1 Å². The molecule has 184 valence electrons. The number of carbonyl (C=O) groups excluding carboxylic acids is 2. The number of nitrogens with one attached hydrogen (secondary N) is 2. The fourth-order valence-corrected chi connectivity index (χ4v) is 4.77. The highest BCUT2D eigenvalue weighted by atomic mass is 79.9. The number of rotatable bonds is 7. The van der Waals surface area contributed by atoms with E-state index in [1.165, 1.54) is 10.4 Å². The highest BCUT2D eigenvalue weighted by molar-refractivity contribution is 9.10. The van der Waals surface area contributed by atoms with Crippen molar-refractivity contribution in [2.24, 2.45) is 13.0 Å². The zero-order chi connectivity index (χ0) is 24.8. The number of pyridine rings is 1. The van der Waals surface area contributed by atoms with Gasteiger partial charge in [0.2, 0.25) is 0 Å². The van der Waals surface area contributed by atoms with Crippen LogP contribution in [-0.4, -0.2) is 46.4 Å². The minimum absolute atomic E-state index is 0.0603. The first-order chi connectivity index (χ1) is 16.9. The van der Waals surface area contributed by atoms with Gasteiger partial charge in [0.25, 0.3) is 11.8 Å². The number of amides is 2. The average molecular weight is 562 g/mol. The number of benzene rings is 1. The Kier molecular flexibility index (Phi) is 8.25. The van der Waals surface area contributed by atoms with Gasteiger partial charge in [-0.25, -0.2) is 9.48 Å². The first-order valence-corrected chi connectivity index (χ1v) is 12.5. The van der Waals surface area contributed by atoms with E-state index in [-0.39, 0.29) is 5.88 Å². The molecule has 2 amide bonds. The zero-order valence-electron chi connectivity index (χ0n) is 19.2. The predicted octanol–water partition coefficient (Wildman–Crippen LogP) is 4.88. The fourth-order valence-electron chi connectivity index (χ4n) is 4.03. The van der Waals surface area contributed by atoms with E-state index >= 15 is 0 Å². The van der Waals surface area contributed by atoms with E-state index in [4.69, 9.17) is 16.3 Å². The van der Waals surface area contributed by atoms with Gasteiger partial charge in [0.1, 0.15) is 10.3 Å². The van der Waals surface area contributed by atoms with Crippen LogP contribution in [0.1, 0.15) is 29.6 Å². The normalized spacial score (nSPS) is 14.0. The lowest BCUT2D eigenvalue weighted by molar-refractivity contribution is 0.102. The summed E-state index contributed by atoms with van der Waals surface area (Å²) in [6, 6.07) is 10.8. The van der Waals surface area contributed by atoms with E-state index in [1.54, 1.807) is 31.3 Å². The second kappa shape index (κ2) is 11.5. The van der Waals surface area contributed by atoms with Crippen molar-refractivity contribution in [3.05, 3.63) is 63.9 Å². The van der Waals surface area contributed by atoms with E-state index in [0.717, 1.165) is 32.4 Å². The monoisotopic (exact) mass is 560 g/mol. The molecule has 2 N–H and O–H groups in total. The summed E-state index contributed by atoms with van der Waals surface area (Å²) in [5.74, 6) is 0.552. The summed E-state index contributed by atoms with van der Waals surface area (Å²) in [5, 5.41) is 10.1. The Morgan fingerprint density at radius 3 is 2.60 bits per heavy atom. The Morgan fingerprint density at radius 2 is 1.89 bits per heavy atom. The second-order valence-corrected chi connectivity index (χ2v) is 9.47. The summed E-state index contributed by atoms with van der Waals surface area (Å²) in [5.41, 5.74) is 1.53. The number of halogens is 2. The Morgan fingerprint density at radius 1 is 1.17 bits per heavy atom. The van der Waals surface area contributed by atoms with E-state index < -0.39 is 12.0 Å². The molecule has 0 spiro atoms. The lowest BCUT2D eigenvalue weighted by Crippen LogP contribution is -2.35. The van der Waals surface area contributed by atoms with Gasteiger partial charge in [0.05, 0.1) is 10.6 Å². The molecule has 1 fully saturated rings. The molecule has 3 aromatic rings. The molecule has 0 radical (unpaired) electrons. The van der Waals surface area contributed by atoms with Crippen molar-refractivity contribution in [3.8, 4) is 5.88 Å². The maximum Gasteiger partial charge on any atom is 0.414 e. The first-order valence-electron chi connectivity index (χ1n) is 11.3.